The van der Waals surface area contributed by atoms with Gasteiger partial charge in [-0.25, -0.2) is 9.78 Å². The van der Waals surface area contributed by atoms with Crippen molar-refractivity contribution in [1.82, 2.24) is 19.9 Å². The fourth-order valence-electron chi connectivity index (χ4n) is 3.32. The van der Waals surface area contributed by atoms with E-state index < -0.39 is 0 Å². The highest BCUT2D eigenvalue weighted by atomic mass is 79.9. The van der Waals surface area contributed by atoms with Crippen LogP contribution in [0.2, 0.25) is 0 Å². The second kappa shape index (κ2) is 8.70. The molecule has 0 unspecified atom stereocenters. The van der Waals surface area contributed by atoms with Crippen LogP contribution in [0.1, 0.15) is 6.92 Å². The third-order valence-electron chi connectivity index (χ3n) is 4.82. The van der Waals surface area contributed by atoms with E-state index in [0.717, 1.165) is 9.86 Å². The van der Waals surface area contributed by atoms with Crippen LogP contribution < -0.4 is 15.4 Å². The molecule has 3 aromatic rings. The number of hydrogen-bond acceptors (Lipinski definition) is 8. The summed E-state index contributed by atoms with van der Waals surface area (Å²) >= 11 is 3.53. The summed E-state index contributed by atoms with van der Waals surface area (Å²) in [6.07, 6.45) is 2.83. The molecule has 0 aliphatic carbocycles. The summed E-state index contributed by atoms with van der Waals surface area (Å²) in [5.41, 5.74) is 7.40. The summed E-state index contributed by atoms with van der Waals surface area (Å²) in [6, 6.07) is 7.53. The maximum atomic E-state index is 11.9. The molecule has 30 heavy (non-hydrogen) atoms. The molecule has 2 N–H and O–H groups in total. The maximum Gasteiger partial charge on any atom is 0.409 e. The fraction of sp³-hybridized carbons (Fsp3) is 0.300. The summed E-state index contributed by atoms with van der Waals surface area (Å²) in [7, 11) is 0. The molecule has 4 rings (SSSR count). The number of halogens is 1. The summed E-state index contributed by atoms with van der Waals surface area (Å²) in [6.45, 7) is 4.38. The second-order valence-electron chi connectivity index (χ2n) is 6.64. The van der Waals surface area contributed by atoms with Gasteiger partial charge in [0.25, 0.3) is 0 Å². The van der Waals surface area contributed by atoms with E-state index in [0.29, 0.717) is 55.6 Å². The number of benzene rings is 1. The van der Waals surface area contributed by atoms with Crippen molar-refractivity contribution >= 4 is 44.4 Å². The van der Waals surface area contributed by atoms with Gasteiger partial charge in [-0.15, -0.1) is 0 Å². The predicted octanol–water partition coefficient (Wildman–Crippen LogP) is 3.44. The van der Waals surface area contributed by atoms with E-state index in [1.165, 1.54) is 6.33 Å². The van der Waals surface area contributed by atoms with Crippen LogP contribution in [0.3, 0.4) is 0 Å². The number of nitrogen functional groups attached to an aromatic ring is 1. The van der Waals surface area contributed by atoms with Gasteiger partial charge < -0.3 is 25.0 Å². The molecular formula is C20H21BrN6O3. The number of aromatic nitrogens is 3. The average Bonchev–Trinajstić information content (AvgIpc) is 2.77. The minimum atomic E-state index is -0.300. The monoisotopic (exact) mass is 472 g/mol. The smallest absolute Gasteiger partial charge is 0.409 e. The minimum Gasteiger partial charge on any atom is -0.450 e. The Kier molecular flexibility index (Phi) is 5.84. The molecule has 2 aromatic heterocycles. The zero-order valence-corrected chi connectivity index (χ0v) is 18.0. The van der Waals surface area contributed by atoms with Crippen molar-refractivity contribution < 1.29 is 14.3 Å². The number of carbonyl (C=O) groups excluding carboxylic acids is 1. The van der Waals surface area contributed by atoms with E-state index in [-0.39, 0.29) is 12.0 Å². The number of carbonyl (C=O) groups is 1. The van der Waals surface area contributed by atoms with Gasteiger partial charge in [0, 0.05) is 42.2 Å². The average molecular weight is 473 g/mol. The molecule has 156 valence electrons. The number of anilines is 2. The first kappa shape index (κ1) is 20.1. The minimum absolute atomic E-state index is 0.266. The molecule has 1 fully saturated rings. The van der Waals surface area contributed by atoms with Gasteiger partial charge in [0.2, 0.25) is 5.88 Å². The number of rotatable bonds is 4. The number of hydrogen-bond donors (Lipinski definition) is 1. The van der Waals surface area contributed by atoms with Gasteiger partial charge in [0.15, 0.2) is 11.6 Å². The molecule has 9 nitrogen and oxygen atoms in total. The van der Waals surface area contributed by atoms with Crippen LogP contribution in [-0.4, -0.2) is 58.7 Å². The molecule has 10 heteroatoms. The van der Waals surface area contributed by atoms with E-state index in [1.807, 2.05) is 29.2 Å². The Balaban J connectivity index is 1.55. The largest absolute Gasteiger partial charge is 0.450 e. The van der Waals surface area contributed by atoms with Crippen LogP contribution in [0.4, 0.5) is 16.3 Å². The summed E-state index contributed by atoms with van der Waals surface area (Å²) in [5, 5.41) is 0.929. The molecule has 0 bridgehead atoms. The number of amides is 1. The van der Waals surface area contributed by atoms with E-state index in [1.54, 1.807) is 18.0 Å². The van der Waals surface area contributed by atoms with Crippen LogP contribution in [-0.2, 0) is 4.74 Å². The molecular weight excluding hydrogens is 452 g/mol. The molecule has 0 spiro atoms. The summed E-state index contributed by atoms with van der Waals surface area (Å²) in [5.74, 6) is 1.40. The Bertz CT molecular complexity index is 1070. The molecule has 0 atom stereocenters. The Morgan fingerprint density at radius 3 is 2.73 bits per heavy atom. The van der Waals surface area contributed by atoms with Crippen molar-refractivity contribution in [2.45, 2.75) is 6.92 Å². The van der Waals surface area contributed by atoms with Crippen molar-refractivity contribution in [3.63, 3.8) is 0 Å². The van der Waals surface area contributed by atoms with Crippen molar-refractivity contribution in [3.05, 3.63) is 41.3 Å². The Morgan fingerprint density at radius 2 is 1.97 bits per heavy atom. The highest BCUT2D eigenvalue weighted by Crippen LogP contribution is 2.36. The molecule has 1 amide bonds. The maximum absolute atomic E-state index is 11.9. The number of pyridine rings is 1. The van der Waals surface area contributed by atoms with Crippen molar-refractivity contribution in [3.8, 4) is 11.6 Å². The number of piperazine rings is 1. The molecule has 1 saturated heterocycles. The molecule has 0 radical (unpaired) electrons. The van der Waals surface area contributed by atoms with E-state index >= 15 is 0 Å². The number of nitrogens with zero attached hydrogens (tertiary/aromatic N) is 5. The van der Waals surface area contributed by atoms with E-state index in [9.17, 15) is 4.79 Å². The predicted molar refractivity (Wildman–Crippen MR) is 117 cm³/mol. The van der Waals surface area contributed by atoms with Crippen LogP contribution in [0, 0.1) is 0 Å². The van der Waals surface area contributed by atoms with E-state index in [4.69, 9.17) is 15.2 Å². The number of fused-ring (bicyclic) bond motifs is 1. The molecule has 3 heterocycles. The summed E-state index contributed by atoms with van der Waals surface area (Å²) < 4.78 is 12.0. The van der Waals surface area contributed by atoms with E-state index in [2.05, 4.69) is 30.9 Å². The Labute approximate surface area is 181 Å². The first-order valence-electron chi connectivity index (χ1n) is 9.56. The number of nitrogens with two attached hydrogens (primary N) is 1. The number of ether oxygens (including phenoxy) is 2. The van der Waals surface area contributed by atoms with Crippen molar-refractivity contribution in [2.24, 2.45) is 0 Å². The van der Waals surface area contributed by atoms with Gasteiger partial charge >= 0.3 is 6.09 Å². The molecule has 1 aromatic carbocycles. The lowest BCUT2D eigenvalue weighted by molar-refractivity contribution is 0.105. The third kappa shape index (κ3) is 3.95. The van der Waals surface area contributed by atoms with Crippen molar-refractivity contribution in [2.75, 3.05) is 43.4 Å². The SMILES string of the molecule is CCOC(=O)N1CCN(c2ncnc(Oc3ccc(Br)c4cccnc34)c2N)CC1. The Morgan fingerprint density at radius 1 is 1.17 bits per heavy atom. The highest BCUT2D eigenvalue weighted by Gasteiger charge is 2.25. The van der Waals surface area contributed by atoms with Crippen LogP contribution in [0.5, 0.6) is 11.6 Å². The van der Waals surface area contributed by atoms with Crippen molar-refractivity contribution in [1.29, 1.82) is 0 Å². The highest BCUT2D eigenvalue weighted by molar-refractivity contribution is 9.10. The summed E-state index contributed by atoms with van der Waals surface area (Å²) in [4.78, 5) is 28.6. The van der Waals surface area contributed by atoms with Crippen LogP contribution in [0.15, 0.2) is 41.3 Å². The fourth-order valence-corrected chi connectivity index (χ4v) is 3.77. The van der Waals surface area contributed by atoms with Crippen LogP contribution >= 0.6 is 15.9 Å². The zero-order valence-electron chi connectivity index (χ0n) is 16.4. The van der Waals surface area contributed by atoms with Gasteiger partial charge in [0.1, 0.15) is 17.5 Å². The Hall–Kier alpha value is -3.14. The van der Waals surface area contributed by atoms with Gasteiger partial charge in [-0.1, -0.05) is 22.0 Å². The molecule has 0 saturated carbocycles. The normalized spacial score (nSPS) is 14.1. The second-order valence-corrected chi connectivity index (χ2v) is 7.49. The lowest BCUT2D eigenvalue weighted by Gasteiger charge is -2.35. The van der Waals surface area contributed by atoms with Crippen LogP contribution in [0.25, 0.3) is 10.9 Å². The lowest BCUT2D eigenvalue weighted by Crippen LogP contribution is -2.49. The van der Waals surface area contributed by atoms with Gasteiger partial charge in [-0.3, -0.25) is 4.98 Å². The molecule has 1 aliphatic rings. The third-order valence-corrected chi connectivity index (χ3v) is 5.51. The van der Waals surface area contributed by atoms with Gasteiger partial charge in [0.05, 0.1) is 6.61 Å². The zero-order chi connectivity index (χ0) is 21.1. The quantitative estimate of drug-likeness (QED) is 0.614. The first-order valence-corrected chi connectivity index (χ1v) is 10.4. The topological polar surface area (TPSA) is 107 Å². The first-order chi connectivity index (χ1) is 14.6. The molecule has 1 aliphatic heterocycles. The lowest BCUT2D eigenvalue weighted by atomic mass is 10.2. The standard InChI is InChI=1S/C20H21BrN6O3/c1-2-29-20(28)27-10-8-26(9-11-27)18-16(22)19(25-12-24-18)30-15-6-5-14(21)13-4-3-7-23-17(13)15/h3-7,12H,2,8-11,22H2,1H3. The van der Waals surface area contributed by atoms with Gasteiger partial charge in [-0.2, -0.15) is 4.98 Å². The van der Waals surface area contributed by atoms with Gasteiger partial charge in [-0.05, 0) is 25.1 Å².